The van der Waals surface area contributed by atoms with Gasteiger partial charge < -0.3 is 43.6 Å². The van der Waals surface area contributed by atoms with Gasteiger partial charge in [0.25, 0.3) is 0 Å². The number of ether oxygens (including phenoxy) is 1. The number of aromatic nitrogens is 1. The van der Waals surface area contributed by atoms with Gasteiger partial charge in [0.15, 0.2) is 0 Å². The molecule has 0 unspecified atom stereocenters. The highest BCUT2D eigenvalue weighted by Gasteiger charge is 2.31. The fraction of sp³-hybridized carbons (Fsp3) is 0.276. The summed E-state index contributed by atoms with van der Waals surface area (Å²) >= 11 is 0. The van der Waals surface area contributed by atoms with Crippen LogP contribution in [0.25, 0.3) is 5.57 Å². The van der Waals surface area contributed by atoms with Crippen LogP contribution in [0.3, 0.4) is 0 Å². The summed E-state index contributed by atoms with van der Waals surface area (Å²) in [5.41, 5.74) is 31.3. The van der Waals surface area contributed by atoms with Crippen LogP contribution < -0.4 is 43.6 Å². The van der Waals surface area contributed by atoms with Crippen LogP contribution in [0.4, 0.5) is 11.5 Å². The van der Waals surface area contributed by atoms with Gasteiger partial charge in [-0.1, -0.05) is 24.8 Å². The van der Waals surface area contributed by atoms with E-state index in [1.807, 2.05) is 30.3 Å². The molecule has 2 aliphatic rings. The molecule has 0 amide bonds. The van der Waals surface area contributed by atoms with E-state index in [2.05, 4.69) is 51.5 Å². The molecule has 0 bridgehead atoms. The third kappa shape index (κ3) is 6.29. The van der Waals surface area contributed by atoms with Crippen molar-refractivity contribution in [3.8, 4) is 5.75 Å². The van der Waals surface area contributed by atoms with Crippen LogP contribution in [-0.2, 0) is 6.54 Å². The van der Waals surface area contributed by atoms with Gasteiger partial charge in [-0.15, -0.1) is 0 Å². The Morgan fingerprint density at radius 3 is 2.59 bits per heavy atom. The summed E-state index contributed by atoms with van der Waals surface area (Å²) < 4.78 is 5.91. The Balaban J connectivity index is 1.53. The van der Waals surface area contributed by atoms with Gasteiger partial charge in [-0.05, 0) is 42.3 Å². The van der Waals surface area contributed by atoms with Crippen LogP contribution >= 0.6 is 0 Å². The molecule has 10 nitrogen and oxygen atoms in total. The summed E-state index contributed by atoms with van der Waals surface area (Å²) in [6.45, 7) is 9.47. The van der Waals surface area contributed by atoms with E-state index in [9.17, 15) is 0 Å². The lowest BCUT2D eigenvalue weighted by atomic mass is 9.91. The number of allylic oxidation sites excluding steroid dienone is 3. The molecular weight excluding hydrogens is 490 g/mol. The number of aryl methyl sites for hydroxylation is 1. The van der Waals surface area contributed by atoms with E-state index >= 15 is 0 Å². The second-order valence-electron chi connectivity index (χ2n) is 9.78. The number of benzene rings is 1. The topological polar surface area (TPSA) is 166 Å². The van der Waals surface area contributed by atoms with Crippen molar-refractivity contribution < 1.29 is 4.74 Å². The third-order valence-electron chi connectivity index (χ3n) is 6.95. The number of nitrogens with one attached hydrogen (secondary N) is 3. The summed E-state index contributed by atoms with van der Waals surface area (Å²) in [7, 11) is 3.40. The van der Waals surface area contributed by atoms with Gasteiger partial charge in [-0.2, -0.15) is 0 Å². The van der Waals surface area contributed by atoms with Crippen molar-refractivity contribution in [3.05, 3.63) is 101 Å². The van der Waals surface area contributed by atoms with E-state index in [1.54, 1.807) is 20.2 Å². The summed E-state index contributed by atoms with van der Waals surface area (Å²) in [4.78, 5) is 6.78. The highest BCUT2D eigenvalue weighted by Crippen LogP contribution is 2.38. The molecule has 4 rings (SSSR count). The predicted octanol–water partition coefficient (Wildman–Crippen LogP) is 2.06. The molecule has 1 aromatic heterocycles. The number of nitrogen functional groups attached to an aromatic ring is 1. The average Bonchev–Trinajstić information content (AvgIpc) is 2.90. The molecule has 1 saturated heterocycles. The van der Waals surface area contributed by atoms with Crippen molar-refractivity contribution in [1.29, 1.82) is 0 Å². The van der Waals surface area contributed by atoms with Gasteiger partial charge in [0.1, 0.15) is 11.6 Å². The average molecular weight is 530 g/mol. The summed E-state index contributed by atoms with van der Waals surface area (Å²) in [6.07, 6.45) is 5.92. The molecule has 0 aliphatic carbocycles. The monoisotopic (exact) mass is 529 g/mol. The smallest absolute Gasteiger partial charge is 0.150 e. The summed E-state index contributed by atoms with van der Waals surface area (Å²) in [5.74, 6) is 1.84. The number of likely N-dealkylation sites (tertiary alicyclic amines) is 1. The number of hydrogen-bond acceptors (Lipinski definition) is 10. The van der Waals surface area contributed by atoms with Crippen LogP contribution in [0, 0.1) is 12.8 Å². The first kappa shape index (κ1) is 27.5. The first-order valence-corrected chi connectivity index (χ1v) is 12.8. The predicted molar refractivity (Wildman–Crippen MR) is 159 cm³/mol. The Labute approximate surface area is 230 Å². The minimum absolute atomic E-state index is 0.117. The molecule has 206 valence electrons. The van der Waals surface area contributed by atoms with Gasteiger partial charge in [0.05, 0.1) is 41.4 Å². The molecule has 1 fully saturated rings. The van der Waals surface area contributed by atoms with Crippen molar-refractivity contribution in [3.63, 3.8) is 0 Å². The molecule has 39 heavy (non-hydrogen) atoms. The Morgan fingerprint density at radius 1 is 1.21 bits per heavy atom. The minimum Gasteiger partial charge on any atom is -0.494 e. The summed E-state index contributed by atoms with van der Waals surface area (Å²) in [5, 5.41) is 9.92. The molecule has 0 saturated carbocycles. The molecular formula is C29H39N9O. The van der Waals surface area contributed by atoms with Crippen molar-refractivity contribution >= 4 is 17.1 Å². The molecule has 0 spiro atoms. The fourth-order valence-corrected chi connectivity index (χ4v) is 4.85. The van der Waals surface area contributed by atoms with Crippen LogP contribution in [0.2, 0.25) is 0 Å². The molecule has 3 heterocycles. The minimum atomic E-state index is 0.117. The van der Waals surface area contributed by atoms with Crippen LogP contribution in [-0.4, -0.2) is 43.7 Å². The maximum absolute atomic E-state index is 6.31. The second-order valence-corrected chi connectivity index (χ2v) is 9.78. The van der Waals surface area contributed by atoms with E-state index < -0.39 is 0 Å². The number of rotatable bonds is 10. The SMILES string of the molecule is C=C(NC)/C(N)=C(/C=C(N)N)Nc1ccc(C)c(C2=CC=C(C3CN(Cc4cccc(N)n4)C3)NC2)c1OC. The molecule has 0 atom stereocenters. The highest BCUT2D eigenvalue weighted by atomic mass is 16.5. The van der Waals surface area contributed by atoms with Crippen molar-refractivity contribution in [2.45, 2.75) is 13.5 Å². The molecule has 11 N–H and O–H groups in total. The lowest BCUT2D eigenvalue weighted by Gasteiger charge is -2.41. The van der Waals surface area contributed by atoms with Crippen LogP contribution in [0.15, 0.2) is 83.7 Å². The Kier molecular flexibility index (Phi) is 8.36. The molecule has 10 heteroatoms. The van der Waals surface area contributed by atoms with E-state index in [4.69, 9.17) is 27.7 Å². The number of pyridine rings is 1. The number of likely N-dealkylation sites (N-methyl/N-ethyl adjacent to an activating group) is 1. The maximum atomic E-state index is 6.31. The van der Waals surface area contributed by atoms with E-state index in [0.29, 0.717) is 41.1 Å². The Morgan fingerprint density at radius 2 is 1.97 bits per heavy atom. The van der Waals surface area contributed by atoms with Crippen LogP contribution in [0.5, 0.6) is 5.75 Å². The number of anilines is 2. The van der Waals surface area contributed by atoms with Gasteiger partial charge in [-0.3, -0.25) is 4.90 Å². The Bertz CT molecular complexity index is 1360. The number of methoxy groups -OCH3 is 1. The number of dihydropyridines is 1. The zero-order valence-corrected chi connectivity index (χ0v) is 22.8. The van der Waals surface area contributed by atoms with Crippen molar-refractivity contribution in [2.75, 3.05) is 44.8 Å². The maximum Gasteiger partial charge on any atom is 0.150 e. The number of nitrogens with zero attached hydrogens (tertiary/aromatic N) is 2. The van der Waals surface area contributed by atoms with Gasteiger partial charge in [-0.25, -0.2) is 4.98 Å². The lowest BCUT2D eigenvalue weighted by molar-refractivity contribution is 0.109. The van der Waals surface area contributed by atoms with Gasteiger partial charge in [0, 0.05) is 56.5 Å². The Hall–Kier alpha value is -4.57. The standard InChI is InChI=1S/C29H39N9O/c1-17-8-10-23(37-24(12-25(30)31)28(33)18(2)34-3)29(39-4)27(17)19-9-11-22(35-13-19)20-14-38(15-20)16-21-6-5-7-26(32)36-21/h5-12,20,34-35,37H,2,13-16,30-31,33H2,1,3-4H3,(H2,32,36)/b28-24+. The zero-order chi connectivity index (χ0) is 28.1. The van der Waals surface area contributed by atoms with Crippen molar-refractivity contribution in [1.82, 2.24) is 20.5 Å². The van der Waals surface area contributed by atoms with E-state index in [-0.39, 0.29) is 5.82 Å². The first-order valence-electron chi connectivity index (χ1n) is 12.8. The largest absolute Gasteiger partial charge is 0.494 e. The second kappa shape index (κ2) is 11.9. The lowest BCUT2D eigenvalue weighted by Crippen LogP contribution is -2.49. The number of nitrogens with two attached hydrogens (primary N) is 4. The zero-order valence-electron chi connectivity index (χ0n) is 22.8. The van der Waals surface area contributed by atoms with Gasteiger partial charge >= 0.3 is 0 Å². The molecule has 0 radical (unpaired) electrons. The number of hydrogen-bond donors (Lipinski definition) is 7. The fourth-order valence-electron chi connectivity index (χ4n) is 4.85. The molecule has 1 aromatic carbocycles. The first-order chi connectivity index (χ1) is 18.7. The van der Waals surface area contributed by atoms with E-state index in [1.165, 1.54) is 5.70 Å². The molecule has 2 aromatic rings. The van der Waals surface area contributed by atoms with E-state index in [0.717, 1.165) is 47.7 Å². The highest BCUT2D eigenvalue weighted by molar-refractivity contribution is 5.82. The summed E-state index contributed by atoms with van der Waals surface area (Å²) in [6, 6.07) is 9.77. The molecule has 2 aliphatic heterocycles. The third-order valence-corrected chi connectivity index (χ3v) is 6.95. The van der Waals surface area contributed by atoms with Gasteiger partial charge in [0.2, 0.25) is 0 Å². The normalized spacial score (nSPS) is 16.1. The quantitative estimate of drug-likeness (QED) is 0.226. The van der Waals surface area contributed by atoms with Crippen LogP contribution in [0.1, 0.15) is 16.8 Å². The van der Waals surface area contributed by atoms with Crippen molar-refractivity contribution in [2.24, 2.45) is 23.1 Å².